The second-order valence-corrected chi connectivity index (χ2v) is 4.24. The second-order valence-electron chi connectivity index (χ2n) is 4.24. The summed E-state index contributed by atoms with van der Waals surface area (Å²) in [6, 6.07) is 9.68. The molecule has 1 aliphatic rings. The molecule has 0 spiro atoms. The van der Waals surface area contributed by atoms with Crippen LogP contribution >= 0.6 is 0 Å². The van der Waals surface area contributed by atoms with Gasteiger partial charge in [0.2, 0.25) is 0 Å². The summed E-state index contributed by atoms with van der Waals surface area (Å²) in [5.41, 5.74) is 1.02. The Bertz CT molecular complexity index is 327. The van der Waals surface area contributed by atoms with E-state index in [1.165, 1.54) is 0 Å². The summed E-state index contributed by atoms with van der Waals surface area (Å²) < 4.78 is 10.9. The molecule has 17 heavy (non-hydrogen) atoms. The quantitative estimate of drug-likeness (QED) is 0.826. The third-order valence-electron chi connectivity index (χ3n) is 2.86. The standard InChI is InChI=1S/C13H18O4/c14-11-7-4-8-16-13(12(11)15)17-9-10-5-2-1-3-6-10/h1-3,5-6,11-15H,4,7-9H2/t11-,12-,13+/m1/s1. The zero-order valence-electron chi connectivity index (χ0n) is 9.66. The first-order chi connectivity index (χ1) is 8.27. The van der Waals surface area contributed by atoms with Gasteiger partial charge in [0.05, 0.1) is 12.7 Å². The van der Waals surface area contributed by atoms with Crippen LogP contribution in [0.2, 0.25) is 0 Å². The number of hydrogen-bond acceptors (Lipinski definition) is 4. The van der Waals surface area contributed by atoms with Crippen LogP contribution in [0.25, 0.3) is 0 Å². The summed E-state index contributed by atoms with van der Waals surface area (Å²) in [6.45, 7) is 0.878. The van der Waals surface area contributed by atoms with Crippen molar-refractivity contribution in [2.45, 2.75) is 37.9 Å². The van der Waals surface area contributed by atoms with Gasteiger partial charge in [0, 0.05) is 6.61 Å². The minimum absolute atomic E-state index is 0.370. The minimum Gasteiger partial charge on any atom is -0.390 e. The highest BCUT2D eigenvalue weighted by molar-refractivity contribution is 5.13. The summed E-state index contributed by atoms with van der Waals surface area (Å²) in [6.07, 6.45) is -1.19. The Labute approximate surface area is 101 Å². The van der Waals surface area contributed by atoms with Gasteiger partial charge in [-0.1, -0.05) is 30.3 Å². The number of rotatable bonds is 3. The summed E-state index contributed by atoms with van der Waals surface area (Å²) in [5, 5.41) is 19.4. The fourth-order valence-electron chi connectivity index (χ4n) is 1.84. The van der Waals surface area contributed by atoms with Gasteiger partial charge in [-0.05, 0) is 18.4 Å². The van der Waals surface area contributed by atoms with E-state index in [0.29, 0.717) is 19.6 Å². The Balaban J connectivity index is 1.89. The zero-order chi connectivity index (χ0) is 12.1. The fraction of sp³-hybridized carbons (Fsp3) is 0.538. The SMILES string of the molecule is O[C@H]1[C@H](OCc2ccccc2)OCCC[C@H]1O. The van der Waals surface area contributed by atoms with Crippen molar-refractivity contribution < 1.29 is 19.7 Å². The highest BCUT2D eigenvalue weighted by Gasteiger charge is 2.30. The molecule has 2 N–H and O–H groups in total. The third-order valence-corrected chi connectivity index (χ3v) is 2.86. The van der Waals surface area contributed by atoms with Crippen molar-refractivity contribution in [1.29, 1.82) is 0 Å². The van der Waals surface area contributed by atoms with Gasteiger partial charge in [-0.3, -0.25) is 0 Å². The van der Waals surface area contributed by atoms with Crippen LogP contribution in [0.15, 0.2) is 30.3 Å². The van der Waals surface area contributed by atoms with Gasteiger partial charge >= 0.3 is 0 Å². The molecule has 1 aromatic rings. The first kappa shape index (κ1) is 12.5. The summed E-state index contributed by atoms with van der Waals surface area (Å²) in [5.74, 6) is 0. The molecule has 0 unspecified atom stereocenters. The molecular weight excluding hydrogens is 220 g/mol. The minimum atomic E-state index is -0.971. The number of benzene rings is 1. The van der Waals surface area contributed by atoms with Gasteiger partial charge in [0.1, 0.15) is 6.10 Å². The molecule has 1 saturated heterocycles. The van der Waals surface area contributed by atoms with E-state index >= 15 is 0 Å². The van der Waals surface area contributed by atoms with Gasteiger partial charge in [0.25, 0.3) is 0 Å². The topological polar surface area (TPSA) is 58.9 Å². The maximum atomic E-state index is 9.80. The second kappa shape index (κ2) is 6.12. The van der Waals surface area contributed by atoms with Gasteiger partial charge in [0.15, 0.2) is 6.29 Å². The predicted octanol–water partition coefficient (Wildman–Crippen LogP) is 1.06. The molecule has 4 heteroatoms. The molecule has 0 aromatic heterocycles. The van der Waals surface area contributed by atoms with Crippen molar-refractivity contribution in [3.05, 3.63) is 35.9 Å². The molecule has 1 aliphatic heterocycles. The summed E-state index contributed by atoms with van der Waals surface area (Å²) in [7, 11) is 0. The number of aliphatic hydroxyl groups is 2. The normalized spacial score (nSPS) is 29.9. The van der Waals surface area contributed by atoms with Crippen molar-refractivity contribution in [3.8, 4) is 0 Å². The lowest BCUT2D eigenvalue weighted by Gasteiger charge is -2.23. The molecule has 3 atom stereocenters. The van der Waals surface area contributed by atoms with Crippen molar-refractivity contribution in [1.82, 2.24) is 0 Å². The highest BCUT2D eigenvalue weighted by Crippen LogP contribution is 2.17. The van der Waals surface area contributed by atoms with Crippen LogP contribution in [-0.2, 0) is 16.1 Å². The van der Waals surface area contributed by atoms with Crippen molar-refractivity contribution in [3.63, 3.8) is 0 Å². The Morgan fingerprint density at radius 2 is 2.00 bits per heavy atom. The monoisotopic (exact) mass is 238 g/mol. The average Bonchev–Trinajstić information content (AvgIpc) is 2.52. The van der Waals surface area contributed by atoms with E-state index in [9.17, 15) is 10.2 Å². The summed E-state index contributed by atoms with van der Waals surface area (Å²) in [4.78, 5) is 0. The lowest BCUT2D eigenvalue weighted by atomic mass is 10.1. The van der Waals surface area contributed by atoms with E-state index in [1.807, 2.05) is 30.3 Å². The zero-order valence-corrected chi connectivity index (χ0v) is 9.66. The first-order valence-corrected chi connectivity index (χ1v) is 5.90. The maximum Gasteiger partial charge on any atom is 0.186 e. The lowest BCUT2D eigenvalue weighted by Crippen LogP contribution is -2.38. The van der Waals surface area contributed by atoms with Crippen LogP contribution in [0, 0.1) is 0 Å². The van der Waals surface area contributed by atoms with Gasteiger partial charge in [-0.15, -0.1) is 0 Å². The van der Waals surface area contributed by atoms with Crippen LogP contribution in [0.4, 0.5) is 0 Å². The van der Waals surface area contributed by atoms with Gasteiger partial charge < -0.3 is 19.7 Å². The van der Waals surface area contributed by atoms with E-state index < -0.39 is 18.5 Å². The van der Waals surface area contributed by atoms with Crippen LogP contribution in [0.1, 0.15) is 18.4 Å². The van der Waals surface area contributed by atoms with Crippen LogP contribution < -0.4 is 0 Å². The fourth-order valence-corrected chi connectivity index (χ4v) is 1.84. The van der Waals surface area contributed by atoms with Crippen molar-refractivity contribution >= 4 is 0 Å². The predicted molar refractivity (Wildman–Crippen MR) is 62.2 cm³/mol. The molecule has 1 fully saturated rings. The summed E-state index contributed by atoms with van der Waals surface area (Å²) >= 11 is 0. The molecule has 94 valence electrons. The Hall–Kier alpha value is -0.940. The molecule has 4 nitrogen and oxygen atoms in total. The van der Waals surface area contributed by atoms with Crippen LogP contribution in [0.5, 0.6) is 0 Å². The molecule has 0 aliphatic carbocycles. The van der Waals surface area contributed by atoms with E-state index in [-0.39, 0.29) is 0 Å². The van der Waals surface area contributed by atoms with Gasteiger partial charge in [-0.25, -0.2) is 0 Å². The molecule has 2 rings (SSSR count). The Morgan fingerprint density at radius 1 is 1.24 bits per heavy atom. The molecule has 1 heterocycles. The highest BCUT2D eigenvalue weighted by atomic mass is 16.7. The lowest BCUT2D eigenvalue weighted by molar-refractivity contribution is -0.209. The molecule has 0 saturated carbocycles. The van der Waals surface area contributed by atoms with E-state index in [0.717, 1.165) is 12.0 Å². The third kappa shape index (κ3) is 3.51. The van der Waals surface area contributed by atoms with Gasteiger partial charge in [-0.2, -0.15) is 0 Å². The van der Waals surface area contributed by atoms with E-state index in [4.69, 9.17) is 9.47 Å². The molecule has 1 aromatic carbocycles. The van der Waals surface area contributed by atoms with Crippen molar-refractivity contribution in [2.75, 3.05) is 6.61 Å². The van der Waals surface area contributed by atoms with Crippen LogP contribution in [-0.4, -0.2) is 35.3 Å². The smallest absolute Gasteiger partial charge is 0.186 e. The molecular formula is C13H18O4. The number of ether oxygens (including phenoxy) is 2. The average molecular weight is 238 g/mol. The van der Waals surface area contributed by atoms with Crippen LogP contribution in [0.3, 0.4) is 0 Å². The Morgan fingerprint density at radius 3 is 2.76 bits per heavy atom. The maximum absolute atomic E-state index is 9.80. The Kier molecular flexibility index (Phi) is 4.50. The molecule has 0 bridgehead atoms. The van der Waals surface area contributed by atoms with E-state index in [2.05, 4.69) is 0 Å². The molecule has 0 radical (unpaired) electrons. The number of hydrogen-bond donors (Lipinski definition) is 2. The number of aliphatic hydroxyl groups excluding tert-OH is 2. The van der Waals surface area contributed by atoms with E-state index in [1.54, 1.807) is 0 Å². The van der Waals surface area contributed by atoms with Crippen molar-refractivity contribution in [2.24, 2.45) is 0 Å². The largest absolute Gasteiger partial charge is 0.390 e. The molecule has 0 amide bonds. The first-order valence-electron chi connectivity index (χ1n) is 5.90.